The molecule has 0 spiro atoms. The molecule has 0 aliphatic heterocycles. The Kier molecular flexibility index (Phi) is 2.90. The van der Waals surface area contributed by atoms with Crippen molar-refractivity contribution in [2.45, 2.75) is 25.3 Å². The van der Waals surface area contributed by atoms with E-state index in [1.54, 1.807) is 0 Å². The van der Waals surface area contributed by atoms with E-state index in [0.717, 1.165) is 31.5 Å². The van der Waals surface area contributed by atoms with Crippen molar-refractivity contribution in [3.05, 3.63) is 27.9 Å². The fourth-order valence-electron chi connectivity index (χ4n) is 1.56. The maximum Gasteiger partial charge on any atom is 0.288 e. The molecule has 1 heterocycles. The second-order valence-electron chi connectivity index (χ2n) is 3.98. The molecule has 1 aromatic heterocycles. The van der Waals surface area contributed by atoms with Crippen LogP contribution >= 0.6 is 0 Å². The zero-order valence-electron chi connectivity index (χ0n) is 9.05. The van der Waals surface area contributed by atoms with E-state index in [2.05, 4.69) is 10.3 Å². The molecule has 1 aliphatic carbocycles. The van der Waals surface area contributed by atoms with Crippen LogP contribution in [0.4, 0.5) is 11.5 Å². The highest BCUT2D eigenvalue weighted by atomic mass is 16.6. The van der Waals surface area contributed by atoms with Crippen molar-refractivity contribution in [3.63, 3.8) is 0 Å². The summed E-state index contributed by atoms with van der Waals surface area (Å²) in [6.07, 6.45) is 4.01. The largest absolute Gasteiger partial charge is 0.383 e. The van der Waals surface area contributed by atoms with Crippen LogP contribution in [0.2, 0.25) is 0 Å². The Balaban J connectivity index is 2.20. The normalized spacial score (nSPS) is 15.1. The second kappa shape index (κ2) is 4.36. The number of hydrogen-bond donors (Lipinski definition) is 2. The van der Waals surface area contributed by atoms with Crippen LogP contribution in [0.1, 0.15) is 29.6 Å². The van der Waals surface area contributed by atoms with Gasteiger partial charge in [-0.3, -0.25) is 14.9 Å². The van der Waals surface area contributed by atoms with E-state index in [4.69, 9.17) is 5.73 Å². The van der Waals surface area contributed by atoms with Gasteiger partial charge in [0.1, 0.15) is 12.0 Å². The third kappa shape index (κ3) is 2.32. The number of pyridine rings is 1. The van der Waals surface area contributed by atoms with Gasteiger partial charge in [-0.15, -0.1) is 0 Å². The average molecular weight is 236 g/mol. The SMILES string of the molecule is Nc1ncc([N+](=O)[O-])cc1C(=O)NC1CCC1. The van der Waals surface area contributed by atoms with E-state index in [0.29, 0.717) is 0 Å². The van der Waals surface area contributed by atoms with Crippen LogP contribution < -0.4 is 11.1 Å². The number of carbonyl (C=O) groups excluding carboxylic acids is 1. The molecule has 7 nitrogen and oxygen atoms in total. The predicted molar refractivity (Wildman–Crippen MR) is 60.4 cm³/mol. The summed E-state index contributed by atoms with van der Waals surface area (Å²) in [6, 6.07) is 1.30. The lowest BCUT2D eigenvalue weighted by atomic mass is 9.93. The molecule has 2 rings (SSSR count). The number of carbonyl (C=O) groups is 1. The molecule has 0 atom stereocenters. The maximum atomic E-state index is 11.8. The summed E-state index contributed by atoms with van der Waals surface area (Å²) in [7, 11) is 0. The van der Waals surface area contributed by atoms with Crippen molar-refractivity contribution >= 4 is 17.4 Å². The number of rotatable bonds is 3. The molecule has 1 saturated carbocycles. The van der Waals surface area contributed by atoms with Gasteiger partial charge < -0.3 is 11.1 Å². The maximum absolute atomic E-state index is 11.8. The number of hydrogen-bond acceptors (Lipinski definition) is 5. The van der Waals surface area contributed by atoms with Crippen LogP contribution in [0.15, 0.2) is 12.3 Å². The van der Waals surface area contributed by atoms with E-state index in [1.807, 2.05) is 0 Å². The van der Waals surface area contributed by atoms with Gasteiger partial charge in [0.2, 0.25) is 0 Å². The number of amides is 1. The van der Waals surface area contributed by atoms with E-state index >= 15 is 0 Å². The number of nitrogens with zero attached hydrogens (tertiary/aromatic N) is 2. The minimum absolute atomic E-state index is 0.00687. The summed E-state index contributed by atoms with van der Waals surface area (Å²) in [5.41, 5.74) is 5.35. The second-order valence-corrected chi connectivity index (χ2v) is 3.98. The molecule has 1 fully saturated rings. The van der Waals surface area contributed by atoms with Crippen LogP contribution in [0.5, 0.6) is 0 Å². The van der Waals surface area contributed by atoms with E-state index < -0.39 is 10.8 Å². The number of anilines is 1. The first-order valence-electron chi connectivity index (χ1n) is 5.28. The lowest BCUT2D eigenvalue weighted by Crippen LogP contribution is -2.39. The van der Waals surface area contributed by atoms with Gasteiger partial charge in [0.05, 0.1) is 10.5 Å². The first-order chi connectivity index (χ1) is 8.08. The quantitative estimate of drug-likeness (QED) is 0.597. The van der Waals surface area contributed by atoms with Crippen molar-refractivity contribution < 1.29 is 9.72 Å². The van der Waals surface area contributed by atoms with Crippen molar-refractivity contribution in [1.82, 2.24) is 10.3 Å². The number of nitro groups is 1. The Morgan fingerprint density at radius 3 is 2.82 bits per heavy atom. The molecule has 0 bridgehead atoms. The van der Waals surface area contributed by atoms with Gasteiger partial charge >= 0.3 is 0 Å². The third-order valence-electron chi connectivity index (χ3n) is 2.80. The Labute approximate surface area is 97.2 Å². The molecule has 3 N–H and O–H groups in total. The van der Waals surface area contributed by atoms with Gasteiger partial charge in [-0.05, 0) is 19.3 Å². The Morgan fingerprint density at radius 1 is 1.59 bits per heavy atom. The summed E-state index contributed by atoms with van der Waals surface area (Å²) in [4.78, 5) is 25.4. The average Bonchev–Trinajstić information content (AvgIpc) is 2.23. The number of nitrogens with one attached hydrogen (secondary N) is 1. The Morgan fingerprint density at radius 2 is 2.29 bits per heavy atom. The summed E-state index contributed by atoms with van der Waals surface area (Å²) >= 11 is 0. The highest BCUT2D eigenvalue weighted by molar-refractivity contribution is 5.99. The fourth-order valence-corrected chi connectivity index (χ4v) is 1.56. The van der Waals surface area contributed by atoms with E-state index in [9.17, 15) is 14.9 Å². The lowest BCUT2D eigenvalue weighted by Gasteiger charge is -2.26. The standard InChI is InChI=1S/C10H12N4O3/c11-9-8(4-7(5-12-9)14(16)17)10(15)13-6-2-1-3-6/h4-6H,1-3H2,(H2,11,12)(H,13,15). The number of nitrogens with two attached hydrogens (primary N) is 1. The van der Waals surface area contributed by atoms with E-state index in [-0.39, 0.29) is 23.1 Å². The van der Waals surface area contributed by atoms with Crippen molar-refractivity contribution in [2.24, 2.45) is 0 Å². The molecule has 7 heteroatoms. The molecular formula is C10H12N4O3. The van der Waals surface area contributed by atoms with Crippen molar-refractivity contribution in [3.8, 4) is 0 Å². The Bertz CT molecular complexity index is 471. The van der Waals surface area contributed by atoms with Crippen molar-refractivity contribution in [1.29, 1.82) is 0 Å². The molecule has 90 valence electrons. The first-order valence-corrected chi connectivity index (χ1v) is 5.28. The highest BCUT2D eigenvalue weighted by Crippen LogP contribution is 2.21. The van der Waals surface area contributed by atoms with Crippen LogP contribution in [0.3, 0.4) is 0 Å². The van der Waals surface area contributed by atoms with Crippen LogP contribution in [-0.2, 0) is 0 Å². The smallest absolute Gasteiger partial charge is 0.288 e. The topological polar surface area (TPSA) is 111 Å². The molecule has 17 heavy (non-hydrogen) atoms. The molecular weight excluding hydrogens is 224 g/mol. The molecule has 1 aromatic rings. The molecule has 1 amide bonds. The Hall–Kier alpha value is -2.18. The minimum atomic E-state index is -0.605. The van der Waals surface area contributed by atoms with Gasteiger partial charge in [0, 0.05) is 12.1 Å². The molecule has 0 aromatic carbocycles. The minimum Gasteiger partial charge on any atom is -0.383 e. The van der Waals surface area contributed by atoms with Crippen molar-refractivity contribution in [2.75, 3.05) is 5.73 Å². The third-order valence-corrected chi connectivity index (χ3v) is 2.80. The van der Waals surface area contributed by atoms with Crippen LogP contribution in [-0.4, -0.2) is 21.9 Å². The van der Waals surface area contributed by atoms with Crippen LogP contribution in [0.25, 0.3) is 0 Å². The van der Waals surface area contributed by atoms with E-state index in [1.165, 1.54) is 0 Å². The monoisotopic (exact) mass is 236 g/mol. The van der Waals surface area contributed by atoms with Crippen LogP contribution in [0, 0.1) is 10.1 Å². The zero-order chi connectivity index (χ0) is 12.4. The fraction of sp³-hybridized carbons (Fsp3) is 0.400. The van der Waals surface area contributed by atoms with Gasteiger partial charge in [0.15, 0.2) is 0 Å². The highest BCUT2D eigenvalue weighted by Gasteiger charge is 2.22. The summed E-state index contributed by atoms with van der Waals surface area (Å²) in [5.74, 6) is -0.393. The number of nitrogen functional groups attached to an aromatic ring is 1. The lowest BCUT2D eigenvalue weighted by molar-refractivity contribution is -0.385. The summed E-state index contributed by atoms with van der Waals surface area (Å²) < 4.78 is 0. The molecule has 0 radical (unpaired) electrons. The summed E-state index contributed by atoms with van der Waals surface area (Å²) in [5, 5.41) is 13.3. The molecule has 0 unspecified atom stereocenters. The van der Waals surface area contributed by atoms with Gasteiger partial charge in [-0.25, -0.2) is 4.98 Å². The summed E-state index contributed by atoms with van der Waals surface area (Å²) in [6.45, 7) is 0. The predicted octanol–water partition coefficient (Wildman–Crippen LogP) is 0.854. The van der Waals surface area contributed by atoms with Gasteiger partial charge in [0.25, 0.3) is 11.6 Å². The zero-order valence-corrected chi connectivity index (χ0v) is 9.05. The number of aromatic nitrogens is 1. The molecule has 0 saturated heterocycles. The van der Waals surface area contributed by atoms with Gasteiger partial charge in [-0.1, -0.05) is 0 Å². The first kappa shape index (κ1) is 11.3. The molecule has 1 aliphatic rings. The van der Waals surface area contributed by atoms with Gasteiger partial charge in [-0.2, -0.15) is 0 Å².